The van der Waals surface area contributed by atoms with Crippen LogP contribution in [0.4, 0.5) is 0 Å². The van der Waals surface area contributed by atoms with Crippen LogP contribution in [0.2, 0.25) is 0 Å². The van der Waals surface area contributed by atoms with Crippen LogP contribution in [-0.2, 0) is 11.8 Å². The predicted octanol–water partition coefficient (Wildman–Crippen LogP) is 3.70. The van der Waals surface area contributed by atoms with Crippen molar-refractivity contribution in [2.45, 2.75) is 56.4 Å². The topological polar surface area (TPSA) is 21.3 Å². The van der Waals surface area contributed by atoms with E-state index in [0.29, 0.717) is 11.5 Å². The number of rotatable bonds is 0. The first-order valence-corrected chi connectivity index (χ1v) is 9.08. The van der Waals surface area contributed by atoms with Crippen LogP contribution in [0, 0.1) is 11.3 Å². The van der Waals surface area contributed by atoms with Crippen molar-refractivity contribution in [2.24, 2.45) is 11.3 Å². The molecule has 2 fully saturated rings. The smallest absolute Gasteiger partial charge is 0.131 e. The Bertz CT molecular complexity index is 700. The van der Waals surface area contributed by atoms with Gasteiger partial charge in [-0.1, -0.05) is 25.0 Å². The van der Waals surface area contributed by atoms with E-state index >= 15 is 0 Å². The highest BCUT2D eigenvalue weighted by molar-refractivity contribution is 5.59. The summed E-state index contributed by atoms with van der Waals surface area (Å²) in [6.07, 6.45) is 12.0. The number of ether oxygens (including phenoxy) is 1. The van der Waals surface area contributed by atoms with Gasteiger partial charge in [0.2, 0.25) is 0 Å². The number of allylic oxidation sites excluding steroid dienone is 2. The summed E-state index contributed by atoms with van der Waals surface area (Å²) in [4.78, 5) is 0. The standard InChI is InChI=1S/C20H23NO/c1-2-7-19(6-1)11-14-15-10-13-4-3-5-16-18(13)20(14,8-9-21-15)17(12-19)22-16/h3-5,12,14-15,21H,1-2,6-11H2. The second kappa shape index (κ2) is 3.79. The summed E-state index contributed by atoms with van der Waals surface area (Å²) in [5, 5.41) is 3.85. The van der Waals surface area contributed by atoms with E-state index in [1.54, 1.807) is 5.56 Å². The Morgan fingerprint density at radius 3 is 2.95 bits per heavy atom. The van der Waals surface area contributed by atoms with Gasteiger partial charge >= 0.3 is 0 Å². The molecule has 2 aliphatic heterocycles. The summed E-state index contributed by atoms with van der Waals surface area (Å²) in [5.74, 6) is 3.25. The molecule has 3 aliphatic carbocycles. The van der Waals surface area contributed by atoms with Gasteiger partial charge in [-0.25, -0.2) is 0 Å². The lowest BCUT2D eigenvalue weighted by Crippen LogP contribution is -2.60. The Balaban J connectivity index is 1.64. The number of hydrogen-bond donors (Lipinski definition) is 1. The lowest BCUT2D eigenvalue weighted by molar-refractivity contribution is 0.0767. The molecule has 1 saturated heterocycles. The minimum atomic E-state index is 0.216. The third kappa shape index (κ3) is 1.24. The molecule has 114 valence electrons. The number of nitrogens with one attached hydrogen (secondary N) is 1. The van der Waals surface area contributed by atoms with Crippen LogP contribution in [0.1, 0.15) is 49.7 Å². The summed E-state index contributed by atoms with van der Waals surface area (Å²) in [6, 6.07) is 7.38. The average Bonchev–Trinajstić information content (AvgIpc) is 3.07. The van der Waals surface area contributed by atoms with Gasteiger partial charge in [0.1, 0.15) is 11.5 Å². The highest BCUT2D eigenvalue weighted by Gasteiger charge is 2.62. The maximum Gasteiger partial charge on any atom is 0.131 e. The van der Waals surface area contributed by atoms with E-state index in [1.165, 1.54) is 62.0 Å². The number of benzene rings is 1. The van der Waals surface area contributed by atoms with Crippen molar-refractivity contribution in [3.63, 3.8) is 0 Å². The monoisotopic (exact) mass is 293 g/mol. The fourth-order valence-electron chi connectivity index (χ4n) is 6.54. The normalized spacial score (nSPS) is 39.4. The van der Waals surface area contributed by atoms with E-state index in [4.69, 9.17) is 4.74 Å². The first-order valence-electron chi connectivity index (χ1n) is 9.08. The molecular weight excluding hydrogens is 270 g/mol. The quantitative estimate of drug-likeness (QED) is 0.787. The Kier molecular flexibility index (Phi) is 2.10. The van der Waals surface area contributed by atoms with Gasteiger partial charge in [-0.15, -0.1) is 0 Å². The molecule has 1 aromatic carbocycles. The molecule has 2 heterocycles. The largest absolute Gasteiger partial charge is 0.461 e. The molecule has 1 N–H and O–H groups in total. The van der Waals surface area contributed by atoms with E-state index in [-0.39, 0.29) is 5.41 Å². The fraction of sp³-hybridized carbons (Fsp3) is 0.600. The summed E-state index contributed by atoms with van der Waals surface area (Å²) >= 11 is 0. The minimum absolute atomic E-state index is 0.216. The summed E-state index contributed by atoms with van der Waals surface area (Å²) in [7, 11) is 0. The van der Waals surface area contributed by atoms with Crippen LogP contribution >= 0.6 is 0 Å². The van der Waals surface area contributed by atoms with E-state index in [9.17, 15) is 0 Å². The number of hydrogen-bond acceptors (Lipinski definition) is 2. The zero-order valence-electron chi connectivity index (χ0n) is 13.0. The molecule has 2 bridgehead atoms. The van der Waals surface area contributed by atoms with Crippen molar-refractivity contribution in [2.75, 3.05) is 6.54 Å². The maximum absolute atomic E-state index is 6.50. The van der Waals surface area contributed by atoms with Gasteiger partial charge in [0.15, 0.2) is 0 Å². The molecule has 2 heteroatoms. The Morgan fingerprint density at radius 2 is 2.05 bits per heavy atom. The molecule has 6 rings (SSSR count). The minimum Gasteiger partial charge on any atom is -0.461 e. The van der Waals surface area contributed by atoms with E-state index in [0.717, 1.165) is 12.5 Å². The summed E-state index contributed by atoms with van der Waals surface area (Å²) < 4.78 is 6.50. The molecular formula is C20H23NO. The van der Waals surface area contributed by atoms with Gasteiger partial charge in [0.25, 0.3) is 0 Å². The van der Waals surface area contributed by atoms with Crippen LogP contribution in [0.3, 0.4) is 0 Å². The molecule has 1 aromatic rings. The van der Waals surface area contributed by atoms with E-state index in [1.807, 2.05) is 0 Å². The molecule has 0 amide bonds. The van der Waals surface area contributed by atoms with Crippen LogP contribution in [0.5, 0.6) is 5.75 Å². The van der Waals surface area contributed by atoms with Gasteiger partial charge in [-0.05, 0) is 67.7 Å². The van der Waals surface area contributed by atoms with Crippen LogP contribution < -0.4 is 10.1 Å². The van der Waals surface area contributed by atoms with E-state index < -0.39 is 0 Å². The molecule has 1 saturated carbocycles. The van der Waals surface area contributed by atoms with Gasteiger partial charge in [-0.2, -0.15) is 0 Å². The maximum atomic E-state index is 6.50. The second-order valence-corrected chi connectivity index (χ2v) is 8.27. The number of piperidine rings is 1. The highest BCUT2D eigenvalue weighted by Crippen LogP contribution is 2.65. The zero-order chi connectivity index (χ0) is 14.4. The van der Waals surface area contributed by atoms with Crippen LogP contribution in [0.15, 0.2) is 30.0 Å². The molecule has 2 nitrogen and oxygen atoms in total. The zero-order valence-corrected chi connectivity index (χ0v) is 13.0. The lowest BCUT2D eigenvalue weighted by Gasteiger charge is -2.55. The van der Waals surface area contributed by atoms with Crippen molar-refractivity contribution in [3.8, 4) is 5.75 Å². The Hall–Kier alpha value is -1.28. The summed E-state index contributed by atoms with van der Waals surface area (Å²) in [5.41, 5.74) is 3.77. The molecule has 0 aromatic heterocycles. The van der Waals surface area contributed by atoms with Gasteiger partial charge < -0.3 is 10.1 Å². The third-order valence-corrected chi connectivity index (χ3v) is 7.37. The first-order chi connectivity index (χ1) is 10.8. The van der Waals surface area contributed by atoms with Gasteiger partial charge in [0, 0.05) is 11.6 Å². The summed E-state index contributed by atoms with van der Waals surface area (Å²) in [6.45, 7) is 1.14. The molecule has 3 atom stereocenters. The van der Waals surface area contributed by atoms with Crippen molar-refractivity contribution >= 4 is 0 Å². The average molecular weight is 293 g/mol. The highest BCUT2D eigenvalue weighted by atomic mass is 16.5. The van der Waals surface area contributed by atoms with Crippen molar-refractivity contribution in [3.05, 3.63) is 41.2 Å². The van der Waals surface area contributed by atoms with E-state index in [2.05, 4.69) is 29.6 Å². The molecule has 5 aliphatic rings. The first kappa shape index (κ1) is 12.2. The SMILES string of the molecule is C1=C2Oc3cccc4c3C23CCNC(C4)C3CC12CCCC2. The van der Waals surface area contributed by atoms with Gasteiger partial charge in [0.05, 0.1) is 5.41 Å². The molecule has 22 heavy (non-hydrogen) atoms. The third-order valence-electron chi connectivity index (χ3n) is 7.37. The van der Waals surface area contributed by atoms with Crippen LogP contribution in [0.25, 0.3) is 0 Å². The predicted molar refractivity (Wildman–Crippen MR) is 86.0 cm³/mol. The molecule has 2 spiro atoms. The molecule has 3 unspecified atom stereocenters. The Morgan fingerprint density at radius 1 is 1.14 bits per heavy atom. The molecule has 0 radical (unpaired) electrons. The van der Waals surface area contributed by atoms with Gasteiger partial charge in [-0.3, -0.25) is 0 Å². The lowest BCUT2D eigenvalue weighted by atomic mass is 9.51. The second-order valence-electron chi connectivity index (χ2n) is 8.27. The fourth-order valence-corrected chi connectivity index (χ4v) is 6.54. The van der Waals surface area contributed by atoms with Crippen molar-refractivity contribution < 1.29 is 4.74 Å². The van der Waals surface area contributed by atoms with Crippen molar-refractivity contribution in [1.82, 2.24) is 5.32 Å². The van der Waals surface area contributed by atoms with Crippen molar-refractivity contribution in [1.29, 1.82) is 0 Å². The van der Waals surface area contributed by atoms with Crippen LogP contribution in [-0.4, -0.2) is 12.6 Å². The Labute approximate surface area is 131 Å².